The number of halogens is 1. The van der Waals surface area contributed by atoms with Crippen molar-refractivity contribution in [2.45, 2.75) is 26.3 Å². The van der Waals surface area contributed by atoms with Crippen molar-refractivity contribution in [2.75, 3.05) is 23.8 Å². The second-order valence-electron chi connectivity index (χ2n) is 4.20. The van der Waals surface area contributed by atoms with Crippen LogP contribution >= 0.6 is 11.6 Å². The number of likely N-dealkylation sites (N-methyl/N-ethyl adjacent to an activating group) is 1. The number of nitrogens with one attached hydrogen (secondary N) is 1. The van der Waals surface area contributed by atoms with Crippen LogP contribution in [0.25, 0.3) is 0 Å². The zero-order valence-corrected chi connectivity index (χ0v) is 10.2. The third-order valence-electron chi connectivity index (χ3n) is 3.12. The standard InChI is InChI=1S/C12H17ClN2/c1-4-9-7-15(3)11-6-5-10(13)8(2)12(11)14-9/h5-6,9,14H,4,7H2,1-3H3. The molecule has 1 heterocycles. The Kier molecular flexibility index (Phi) is 2.79. The van der Waals surface area contributed by atoms with Gasteiger partial charge in [0.2, 0.25) is 0 Å². The maximum Gasteiger partial charge on any atom is 0.0625 e. The minimum Gasteiger partial charge on any atom is -0.379 e. The Morgan fingerprint density at radius 3 is 2.93 bits per heavy atom. The molecule has 82 valence electrons. The van der Waals surface area contributed by atoms with Gasteiger partial charge in [0.25, 0.3) is 0 Å². The largest absolute Gasteiger partial charge is 0.379 e. The van der Waals surface area contributed by atoms with Crippen molar-refractivity contribution in [1.29, 1.82) is 0 Å². The molecule has 2 rings (SSSR count). The smallest absolute Gasteiger partial charge is 0.0625 e. The van der Waals surface area contributed by atoms with E-state index in [0.29, 0.717) is 6.04 Å². The predicted molar refractivity (Wildman–Crippen MR) is 67.2 cm³/mol. The van der Waals surface area contributed by atoms with Crippen LogP contribution in [-0.2, 0) is 0 Å². The van der Waals surface area contributed by atoms with Crippen LogP contribution in [0.3, 0.4) is 0 Å². The van der Waals surface area contributed by atoms with Gasteiger partial charge in [-0.1, -0.05) is 18.5 Å². The number of hydrogen-bond donors (Lipinski definition) is 1. The molecule has 2 nitrogen and oxygen atoms in total. The summed E-state index contributed by atoms with van der Waals surface area (Å²) >= 11 is 6.13. The molecular formula is C12H17ClN2. The number of anilines is 2. The first-order valence-electron chi connectivity index (χ1n) is 5.40. The van der Waals surface area contributed by atoms with Gasteiger partial charge in [-0.25, -0.2) is 0 Å². The normalized spacial score (nSPS) is 19.7. The van der Waals surface area contributed by atoms with Crippen molar-refractivity contribution >= 4 is 23.0 Å². The van der Waals surface area contributed by atoms with Gasteiger partial charge in [0.15, 0.2) is 0 Å². The third kappa shape index (κ3) is 1.78. The average molecular weight is 225 g/mol. The monoisotopic (exact) mass is 224 g/mol. The summed E-state index contributed by atoms with van der Waals surface area (Å²) in [5.74, 6) is 0. The van der Waals surface area contributed by atoms with Crippen molar-refractivity contribution in [3.05, 3.63) is 22.7 Å². The molecule has 1 unspecified atom stereocenters. The molecule has 0 fully saturated rings. The first-order valence-corrected chi connectivity index (χ1v) is 5.78. The van der Waals surface area contributed by atoms with Gasteiger partial charge in [-0.05, 0) is 31.0 Å². The molecule has 0 aromatic heterocycles. The van der Waals surface area contributed by atoms with E-state index in [1.165, 1.54) is 11.4 Å². The van der Waals surface area contributed by atoms with E-state index in [1.54, 1.807) is 0 Å². The van der Waals surface area contributed by atoms with E-state index < -0.39 is 0 Å². The molecule has 0 amide bonds. The van der Waals surface area contributed by atoms with E-state index >= 15 is 0 Å². The van der Waals surface area contributed by atoms with Crippen LogP contribution in [0.4, 0.5) is 11.4 Å². The fourth-order valence-corrected chi connectivity index (χ4v) is 2.24. The highest BCUT2D eigenvalue weighted by molar-refractivity contribution is 6.32. The number of hydrogen-bond acceptors (Lipinski definition) is 2. The van der Waals surface area contributed by atoms with Gasteiger partial charge < -0.3 is 10.2 Å². The van der Waals surface area contributed by atoms with Gasteiger partial charge in [-0.15, -0.1) is 0 Å². The average Bonchev–Trinajstić information content (AvgIpc) is 2.23. The quantitative estimate of drug-likeness (QED) is 0.788. The van der Waals surface area contributed by atoms with Crippen molar-refractivity contribution in [1.82, 2.24) is 0 Å². The summed E-state index contributed by atoms with van der Waals surface area (Å²) in [5, 5.41) is 4.40. The van der Waals surface area contributed by atoms with Crippen LogP contribution in [0.1, 0.15) is 18.9 Å². The number of fused-ring (bicyclic) bond motifs is 1. The molecular weight excluding hydrogens is 208 g/mol. The summed E-state index contributed by atoms with van der Waals surface area (Å²) in [6, 6.07) is 4.59. The molecule has 0 spiro atoms. The molecule has 0 bridgehead atoms. The zero-order valence-electron chi connectivity index (χ0n) is 9.47. The van der Waals surface area contributed by atoms with E-state index in [0.717, 1.165) is 23.6 Å². The third-order valence-corrected chi connectivity index (χ3v) is 3.53. The summed E-state index contributed by atoms with van der Waals surface area (Å²) in [4.78, 5) is 2.29. The maximum atomic E-state index is 6.13. The second-order valence-corrected chi connectivity index (χ2v) is 4.60. The highest BCUT2D eigenvalue weighted by Gasteiger charge is 2.22. The molecule has 3 heteroatoms. The SMILES string of the molecule is CCC1CN(C)c2ccc(Cl)c(C)c2N1. The summed E-state index contributed by atoms with van der Waals surface area (Å²) in [7, 11) is 2.13. The van der Waals surface area contributed by atoms with Crippen LogP contribution in [0.15, 0.2) is 12.1 Å². The lowest BCUT2D eigenvalue weighted by Gasteiger charge is -2.35. The molecule has 0 aliphatic carbocycles. The molecule has 1 atom stereocenters. The fraction of sp³-hybridized carbons (Fsp3) is 0.500. The molecule has 0 saturated carbocycles. The maximum absolute atomic E-state index is 6.13. The zero-order chi connectivity index (χ0) is 11.0. The van der Waals surface area contributed by atoms with Crippen LogP contribution < -0.4 is 10.2 Å². The number of rotatable bonds is 1. The molecule has 1 aliphatic rings. The molecule has 1 aromatic carbocycles. The topological polar surface area (TPSA) is 15.3 Å². The van der Waals surface area contributed by atoms with Crippen LogP contribution in [0.2, 0.25) is 5.02 Å². The van der Waals surface area contributed by atoms with Gasteiger partial charge in [-0.2, -0.15) is 0 Å². The minimum absolute atomic E-state index is 0.527. The molecule has 0 saturated heterocycles. The number of benzene rings is 1. The Labute approximate surface area is 96.2 Å². The van der Waals surface area contributed by atoms with Gasteiger partial charge in [0, 0.05) is 24.7 Å². The summed E-state index contributed by atoms with van der Waals surface area (Å²) < 4.78 is 0. The van der Waals surface area contributed by atoms with E-state index in [-0.39, 0.29) is 0 Å². The summed E-state index contributed by atoms with van der Waals surface area (Å²) in [6.45, 7) is 5.33. The Hall–Kier alpha value is -0.890. The van der Waals surface area contributed by atoms with E-state index in [2.05, 4.69) is 37.2 Å². The molecule has 15 heavy (non-hydrogen) atoms. The highest BCUT2D eigenvalue weighted by Crippen LogP contribution is 2.36. The van der Waals surface area contributed by atoms with Gasteiger partial charge in [-0.3, -0.25) is 0 Å². The molecule has 1 aromatic rings. The van der Waals surface area contributed by atoms with Crippen molar-refractivity contribution in [3.8, 4) is 0 Å². The first kappa shape index (κ1) is 10.6. The minimum atomic E-state index is 0.527. The van der Waals surface area contributed by atoms with Crippen molar-refractivity contribution in [2.24, 2.45) is 0 Å². The Balaban J connectivity index is 2.46. The molecule has 1 N–H and O–H groups in total. The first-order chi connectivity index (χ1) is 7.13. The Bertz CT molecular complexity index is 376. The van der Waals surface area contributed by atoms with Crippen LogP contribution in [0, 0.1) is 6.92 Å². The van der Waals surface area contributed by atoms with Crippen molar-refractivity contribution in [3.63, 3.8) is 0 Å². The highest BCUT2D eigenvalue weighted by atomic mass is 35.5. The van der Waals surface area contributed by atoms with Crippen LogP contribution in [-0.4, -0.2) is 19.6 Å². The van der Waals surface area contributed by atoms with E-state index in [1.807, 2.05) is 6.07 Å². The summed E-state index contributed by atoms with van der Waals surface area (Å²) in [6.07, 6.45) is 1.13. The lowest BCUT2D eigenvalue weighted by Crippen LogP contribution is -2.39. The summed E-state index contributed by atoms with van der Waals surface area (Å²) in [5.41, 5.74) is 3.60. The van der Waals surface area contributed by atoms with Gasteiger partial charge >= 0.3 is 0 Å². The molecule has 1 aliphatic heterocycles. The van der Waals surface area contributed by atoms with E-state index in [9.17, 15) is 0 Å². The lowest BCUT2D eigenvalue weighted by molar-refractivity contribution is 0.661. The predicted octanol–water partition coefficient (Wildman–Crippen LogP) is 3.29. The van der Waals surface area contributed by atoms with Gasteiger partial charge in [0.05, 0.1) is 11.4 Å². The number of nitrogens with zero attached hydrogens (tertiary/aromatic N) is 1. The fourth-order valence-electron chi connectivity index (χ4n) is 2.08. The lowest BCUT2D eigenvalue weighted by atomic mass is 10.1. The van der Waals surface area contributed by atoms with Gasteiger partial charge in [0.1, 0.15) is 0 Å². The Morgan fingerprint density at radius 2 is 2.27 bits per heavy atom. The molecule has 0 radical (unpaired) electrons. The van der Waals surface area contributed by atoms with Crippen molar-refractivity contribution < 1.29 is 0 Å². The Morgan fingerprint density at radius 1 is 1.53 bits per heavy atom. The van der Waals surface area contributed by atoms with E-state index in [4.69, 9.17) is 11.6 Å². The second kappa shape index (κ2) is 3.93. The van der Waals surface area contributed by atoms with Crippen LogP contribution in [0.5, 0.6) is 0 Å².